The first-order valence-corrected chi connectivity index (χ1v) is 7.29. The maximum atomic E-state index is 11.3. The largest absolute Gasteiger partial charge is 0.466 e. The number of rotatable bonds is 5. The number of benzene rings is 1. The van der Waals surface area contributed by atoms with E-state index in [1.54, 1.807) is 11.3 Å². The van der Waals surface area contributed by atoms with Crippen LogP contribution in [0.15, 0.2) is 29.6 Å². The summed E-state index contributed by atoms with van der Waals surface area (Å²) < 4.78 is 6.13. The molecule has 0 saturated carbocycles. The molecular weight excluding hydrogens is 268 g/mol. The summed E-state index contributed by atoms with van der Waals surface area (Å²) >= 11 is 8.06. The molecule has 0 aliphatic rings. The highest BCUT2D eigenvalue weighted by atomic mass is 35.5. The SMILES string of the molecule is CCOC(=O)CC[C@H](Cl)c1csc2ccccc12. The number of thiophene rings is 1. The van der Waals surface area contributed by atoms with E-state index in [4.69, 9.17) is 16.3 Å². The van der Waals surface area contributed by atoms with Crippen LogP contribution in [0.3, 0.4) is 0 Å². The van der Waals surface area contributed by atoms with Crippen LogP contribution in [0.1, 0.15) is 30.7 Å². The molecule has 4 heteroatoms. The second-order valence-corrected chi connectivity index (χ2v) is 5.44. The molecule has 0 unspecified atom stereocenters. The van der Waals surface area contributed by atoms with Gasteiger partial charge in [-0.2, -0.15) is 0 Å². The molecule has 2 nitrogen and oxygen atoms in total. The Hall–Kier alpha value is -1.06. The van der Waals surface area contributed by atoms with Gasteiger partial charge in [-0.15, -0.1) is 22.9 Å². The zero-order chi connectivity index (χ0) is 13.0. The first-order chi connectivity index (χ1) is 8.72. The van der Waals surface area contributed by atoms with E-state index in [-0.39, 0.29) is 11.3 Å². The van der Waals surface area contributed by atoms with E-state index in [2.05, 4.69) is 17.5 Å². The number of esters is 1. The zero-order valence-electron chi connectivity index (χ0n) is 10.2. The minimum absolute atomic E-state index is 0.134. The zero-order valence-corrected chi connectivity index (χ0v) is 11.8. The van der Waals surface area contributed by atoms with Crippen LogP contribution in [0.5, 0.6) is 0 Å². The number of hydrogen-bond donors (Lipinski definition) is 0. The summed E-state index contributed by atoms with van der Waals surface area (Å²) in [5, 5.41) is 3.13. The van der Waals surface area contributed by atoms with Crippen LogP contribution in [-0.4, -0.2) is 12.6 Å². The highest BCUT2D eigenvalue weighted by Crippen LogP contribution is 2.35. The molecule has 0 saturated heterocycles. The number of carbonyl (C=O) groups excluding carboxylic acids is 1. The average Bonchev–Trinajstić information content (AvgIpc) is 2.80. The third-order valence-electron chi connectivity index (χ3n) is 2.76. The van der Waals surface area contributed by atoms with Crippen molar-refractivity contribution in [1.82, 2.24) is 0 Å². The van der Waals surface area contributed by atoms with Crippen LogP contribution >= 0.6 is 22.9 Å². The minimum Gasteiger partial charge on any atom is -0.466 e. The van der Waals surface area contributed by atoms with Crippen molar-refractivity contribution in [3.05, 3.63) is 35.2 Å². The molecule has 0 bridgehead atoms. The van der Waals surface area contributed by atoms with Gasteiger partial charge in [-0.1, -0.05) is 18.2 Å². The standard InChI is InChI=1S/C14H15ClO2S/c1-2-17-14(16)8-7-12(15)11-9-18-13-6-4-3-5-10(11)13/h3-6,9,12H,2,7-8H2,1H3/t12-/m0/s1. The van der Waals surface area contributed by atoms with E-state index in [1.807, 2.05) is 19.1 Å². The second-order valence-electron chi connectivity index (χ2n) is 4.00. The number of fused-ring (bicyclic) bond motifs is 1. The predicted octanol–water partition coefficient (Wildman–Crippen LogP) is 4.52. The number of alkyl halides is 1. The van der Waals surface area contributed by atoms with Crippen LogP contribution in [0.4, 0.5) is 0 Å². The molecule has 1 aromatic heterocycles. The van der Waals surface area contributed by atoms with Crippen LogP contribution < -0.4 is 0 Å². The molecular formula is C14H15ClO2S. The Kier molecular flexibility index (Phi) is 4.61. The Morgan fingerprint density at radius 2 is 2.22 bits per heavy atom. The van der Waals surface area contributed by atoms with Crippen molar-refractivity contribution in [2.75, 3.05) is 6.61 Å². The monoisotopic (exact) mass is 282 g/mol. The fourth-order valence-electron chi connectivity index (χ4n) is 1.87. The van der Waals surface area contributed by atoms with Crippen molar-refractivity contribution in [2.24, 2.45) is 0 Å². The third-order valence-corrected chi connectivity index (χ3v) is 4.19. The van der Waals surface area contributed by atoms with Gasteiger partial charge < -0.3 is 4.74 Å². The Balaban J connectivity index is 2.05. The molecule has 1 heterocycles. The van der Waals surface area contributed by atoms with Gasteiger partial charge in [0.2, 0.25) is 0 Å². The van der Waals surface area contributed by atoms with Crippen molar-refractivity contribution >= 4 is 39.0 Å². The molecule has 96 valence electrons. The van der Waals surface area contributed by atoms with E-state index in [9.17, 15) is 4.79 Å². The normalized spacial score (nSPS) is 12.6. The second kappa shape index (κ2) is 6.21. The van der Waals surface area contributed by atoms with Crippen LogP contribution in [0.25, 0.3) is 10.1 Å². The highest BCUT2D eigenvalue weighted by Gasteiger charge is 2.15. The van der Waals surface area contributed by atoms with Gasteiger partial charge in [0.1, 0.15) is 0 Å². The molecule has 0 N–H and O–H groups in total. The molecule has 1 aromatic carbocycles. The molecule has 0 amide bonds. The number of ether oxygens (including phenoxy) is 1. The number of halogens is 1. The van der Waals surface area contributed by atoms with E-state index >= 15 is 0 Å². The average molecular weight is 283 g/mol. The van der Waals surface area contributed by atoms with Crippen molar-refractivity contribution < 1.29 is 9.53 Å². The Labute approximate surface area is 116 Å². The summed E-state index contributed by atoms with van der Waals surface area (Å²) in [5.74, 6) is -0.178. The summed E-state index contributed by atoms with van der Waals surface area (Å²) in [5.41, 5.74) is 1.11. The van der Waals surface area contributed by atoms with Gasteiger partial charge in [0.25, 0.3) is 0 Å². The Morgan fingerprint density at radius 1 is 1.44 bits per heavy atom. The summed E-state index contributed by atoms with van der Waals surface area (Å²) in [4.78, 5) is 11.3. The molecule has 0 spiro atoms. The van der Waals surface area contributed by atoms with Gasteiger partial charge in [0.15, 0.2) is 0 Å². The van der Waals surface area contributed by atoms with Crippen LogP contribution in [0, 0.1) is 0 Å². The fourth-order valence-corrected chi connectivity index (χ4v) is 3.25. The van der Waals surface area contributed by atoms with Crippen LogP contribution in [0.2, 0.25) is 0 Å². The molecule has 0 fully saturated rings. The minimum atomic E-state index is -0.178. The van der Waals surface area contributed by atoms with Gasteiger partial charge in [0, 0.05) is 11.1 Å². The first kappa shape index (κ1) is 13.4. The number of carbonyl (C=O) groups is 1. The predicted molar refractivity (Wildman–Crippen MR) is 76.3 cm³/mol. The molecule has 0 aliphatic carbocycles. The third kappa shape index (κ3) is 3.03. The maximum absolute atomic E-state index is 11.3. The van der Waals surface area contributed by atoms with Crippen molar-refractivity contribution in [2.45, 2.75) is 25.1 Å². The molecule has 2 aromatic rings. The van der Waals surface area contributed by atoms with Gasteiger partial charge >= 0.3 is 5.97 Å². The van der Waals surface area contributed by atoms with Gasteiger partial charge in [-0.3, -0.25) is 4.79 Å². The van der Waals surface area contributed by atoms with Crippen molar-refractivity contribution in [3.63, 3.8) is 0 Å². The Morgan fingerprint density at radius 3 is 3.00 bits per heavy atom. The van der Waals surface area contributed by atoms with E-state index < -0.39 is 0 Å². The van der Waals surface area contributed by atoms with Gasteiger partial charge in [-0.05, 0) is 35.7 Å². The quantitative estimate of drug-likeness (QED) is 0.595. The lowest BCUT2D eigenvalue weighted by Crippen LogP contribution is -2.04. The first-order valence-electron chi connectivity index (χ1n) is 5.98. The molecule has 0 aliphatic heterocycles. The summed E-state index contributed by atoms with van der Waals surface area (Å²) in [7, 11) is 0. The van der Waals surface area contributed by atoms with E-state index in [0.29, 0.717) is 19.4 Å². The smallest absolute Gasteiger partial charge is 0.305 e. The lowest BCUT2D eigenvalue weighted by atomic mass is 10.1. The van der Waals surface area contributed by atoms with E-state index in [1.165, 1.54) is 10.1 Å². The maximum Gasteiger partial charge on any atom is 0.305 e. The van der Waals surface area contributed by atoms with Crippen LogP contribution in [-0.2, 0) is 9.53 Å². The molecule has 0 radical (unpaired) electrons. The highest BCUT2D eigenvalue weighted by molar-refractivity contribution is 7.17. The molecule has 18 heavy (non-hydrogen) atoms. The van der Waals surface area contributed by atoms with Gasteiger partial charge in [-0.25, -0.2) is 0 Å². The lowest BCUT2D eigenvalue weighted by Gasteiger charge is -2.08. The summed E-state index contributed by atoms with van der Waals surface area (Å²) in [6, 6.07) is 8.18. The summed E-state index contributed by atoms with van der Waals surface area (Å²) in [6.07, 6.45) is 0.979. The van der Waals surface area contributed by atoms with Crippen molar-refractivity contribution in [3.8, 4) is 0 Å². The van der Waals surface area contributed by atoms with Gasteiger partial charge in [0.05, 0.1) is 12.0 Å². The van der Waals surface area contributed by atoms with E-state index in [0.717, 1.165) is 5.56 Å². The van der Waals surface area contributed by atoms with Crippen molar-refractivity contribution in [1.29, 1.82) is 0 Å². The topological polar surface area (TPSA) is 26.3 Å². The summed E-state index contributed by atoms with van der Waals surface area (Å²) in [6.45, 7) is 2.23. The Bertz CT molecular complexity index is 535. The number of hydrogen-bond acceptors (Lipinski definition) is 3. The molecule has 1 atom stereocenters. The molecule has 2 rings (SSSR count). The fraction of sp³-hybridized carbons (Fsp3) is 0.357. The lowest BCUT2D eigenvalue weighted by molar-refractivity contribution is -0.143.